The van der Waals surface area contributed by atoms with Crippen LogP contribution in [-0.2, 0) is 13.0 Å². The van der Waals surface area contributed by atoms with E-state index in [4.69, 9.17) is 11.6 Å². The minimum absolute atomic E-state index is 0.0882. The van der Waals surface area contributed by atoms with Crippen LogP contribution in [0.5, 0.6) is 0 Å². The second-order valence-corrected chi connectivity index (χ2v) is 11.2. The minimum Gasteiger partial charge on any atom is -0.347 e. The molecule has 5 rings (SSSR count). The van der Waals surface area contributed by atoms with Crippen LogP contribution in [0.2, 0.25) is 5.02 Å². The van der Waals surface area contributed by atoms with Crippen LogP contribution in [0.15, 0.2) is 24.3 Å². The highest BCUT2D eigenvalue weighted by Crippen LogP contribution is 2.29. The van der Waals surface area contributed by atoms with Gasteiger partial charge in [-0.2, -0.15) is 0 Å². The maximum atomic E-state index is 13.0. The Balaban J connectivity index is 1.27. The molecule has 3 aromatic rings. The van der Waals surface area contributed by atoms with Crippen molar-refractivity contribution in [1.29, 1.82) is 0 Å². The maximum Gasteiger partial charge on any atom is 0.280 e. The van der Waals surface area contributed by atoms with E-state index in [-0.39, 0.29) is 23.9 Å². The summed E-state index contributed by atoms with van der Waals surface area (Å²) >= 11 is 9.01. The monoisotopic (exact) mass is 488 g/mol. The van der Waals surface area contributed by atoms with Gasteiger partial charge in [0.1, 0.15) is 0 Å². The fourth-order valence-electron chi connectivity index (χ4n) is 4.48. The van der Waals surface area contributed by atoms with Gasteiger partial charge in [-0.15, -0.1) is 22.7 Å². The summed E-state index contributed by atoms with van der Waals surface area (Å²) in [7, 11) is 2.09. The standard InChI is InChI=1S/C23H25ClN4O2S2/c1-28-9-8-17-20(12-28)32-23(27-17)22(30)26-16-5-3-2-4-15(16)25-21(29)19-10-13-6-7-14(24)11-18(13)31-19/h6-7,10-11,15-16H,2-5,8-9,12H2,1H3,(H,25,29)(H,26,30)/t15-,16-/m0/s1. The Bertz CT molecular complexity index is 1170. The lowest BCUT2D eigenvalue weighted by atomic mass is 9.90. The Labute approximate surface area is 200 Å². The third-order valence-corrected chi connectivity index (χ3v) is 8.63. The van der Waals surface area contributed by atoms with Crippen molar-refractivity contribution in [3.8, 4) is 0 Å². The topological polar surface area (TPSA) is 74.3 Å². The number of aromatic nitrogens is 1. The molecule has 0 bridgehead atoms. The average Bonchev–Trinajstić information content (AvgIpc) is 3.38. The highest BCUT2D eigenvalue weighted by molar-refractivity contribution is 7.20. The Hall–Kier alpha value is -2.00. The number of halogens is 1. The largest absolute Gasteiger partial charge is 0.347 e. The van der Waals surface area contributed by atoms with Crippen LogP contribution >= 0.6 is 34.3 Å². The number of amides is 2. The van der Waals surface area contributed by atoms with Gasteiger partial charge in [0.05, 0.1) is 10.6 Å². The first kappa shape index (κ1) is 21.8. The summed E-state index contributed by atoms with van der Waals surface area (Å²) in [4.78, 5) is 34.6. The van der Waals surface area contributed by atoms with E-state index in [1.165, 1.54) is 27.6 Å². The molecule has 2 N–H and O–H groups in total. The molecule has 6 nitrogen and oxygen atoms in total. The van der Waals surface area contributed by atoms with Gasteiger partial charge >= 0.3 is 0 Å². The second kappa shape index (κ2) is 9.09. The Morgan fingerprint density at radius 3 is 2.62 bits per heavy atom. The van der Waals surface area contributed by atoms with Crippen molar-refractivity contribution >= 4 is 56.2 Å². The zero-order chi connectivity index (χ0) is 22.2. The zero-order valence-electron chi connectivity index (χ0n) is 17.8. The number of carbonyl (C=O) groups is 2. The number of likely N-dealkylation sites (N-methyl/N-ethyl adjacent to an activating group) is 1. The van der Waals surface area contributed by atoms with E-state index < -0.39 is 0 Å². The molecule has 0 spiro atoms. The molecular weight excluding hydrogens is 464 g/mol. The van der Waals surface area contributed by atoms with Gasteiger partial charge in [-0.05, 0) is 43.5 Å². The average molecular weight is 489 g/mol. The van der Waals surface area contributed by atoms with Crippen LogP contribution in [0.3, 0.4) is 0 Å². The predicted octanol–water partition coefficient (Wildman–Crippen LogP) is 4.47. The fourth-order valence-corrected chi connectivity index (χ4v) is 6.82. The minimum atomic E-state index is -0.130. The third kappa shape index (κ3) is 4.55. The number of hydrogen-bond acceptors (Lipinski definition) is 6. The van der Waals surface area contributed by atoms with Crippen LogP contribution < -0.4 is 10.6 Å². The summed E-state index contributed by atoms with van der Waals surface area (Å²) in [5, 5.41) is 8.54. The van der Waals surface area contributed by atoms with E-state index in [1.54, 1.807) is 0 Å². The van der Waals surface area contributed by atoms with Crippen molar-refractivity contribution in [2.45, 2.75) is 50.7 Å². The first-order chi connectivity index (χ1) is 15.5. The molecule has 2 atom stereocenters. The molecule has 168 valence electrons. The lowest BCUT2D eigenvalue weighted by Crippen LogP contribution is -2.53. The summed E-state index contributed by atoms with van der Waals surface area (Å²) in [5.41, 5.74) is 1.05. The fraction of sp³-hybridized carbons (Fsp3) is 0.435. The number of carbonyl (C=O) groups excluding carboxylic acids is 2. The number of nitrogens with zero attached hydrogens (tertiary/aromatic N) is 2. The Morgan fingerprint density at radius 1 is 1.09 bits per heavy atom. The number of fused-ring (bicyclic) bond motifs is 2. The molecule has 1 aliphatic heterocycles. The van der Waals surface area contributed by atoms with Crippen molar-refractivity contribution < 1.29 is 9.59 Å². The molecule has 0 radical (unpaired) electrons. The van der Waals surface area contributed by atoms with Crippen LogP contribution in [0.25, 0.3) is 10.1 Å². The van der Waals surface area contributed by atoms with Crippen LogP contribution in [0.4, 0.5) is 0 Å². The highest BCUT2D eigenvalue weighted by Gasteiger charge is 2.30. The molecule has 2 amide bonds. The van der Waals surface area contributed by atoms with E-state index in [9.17, 15) is 9.59 Å². The summed E-state index contributed by atoms with van der Waals surface area (Å²) in [5.74, 6) is -0.226. The molecule has 1 aliphatic carbocycles. The zero-order valence-corrected chi connectivity index (χ0v) is 20.2. The molecule has 9 heteroatoms. The van der Waals surface area contributed by atoms with E-state index in [0.29, 0.717) is 14.9 Å². The summed E-state index contributed by atoms with van der Waals surface area (Å²) in [6, 6.07) is 7.37. The van der Waals surface area contributed by atoms with Gasteiger partial charge in [0.25, 0.3) is 11.8 Å². The van der Waals surface area contributed by atoms with Gasteiger partial charge in [-0.3, -0.25) is 9.59 Å². The molecule has 1 fully saturated rings. The number of thiazole rings is 1. The third-order valence-electron chi connectivity index (χ3n) is 6.22. The van der Waals surface area contributed by atoms with Gasteiger partial charge in [0.15, 0.2) is 5.01 Å². The van der Waals surface area contributed by atoms with Gasteiger partial charge in [-0.25, -0.2) is 4.98 Å². The molecule has 1 saturated carbocycles. The van der Waals surface area contributed by atoms with Gasteiger partial charge < -0.3 is 15.5 Å². The van der Waals surface area contributed by atoms with Crippen molar-refractivity contribution in [2.75, 3.05) is 13.6 Å². The normalized spacial score (nSPS) is 21.3. The van der Waals surface area contributed by atoms with Crippen LogP contribution in [-0.4, -0.2) is 47.4 Å². The quantitative estimate of drug-likeness (QED) is 0.568. The second-order valence-electron chi connectivity index (χ2n) is 8.61. The Morgan fingerprint density at radius 2 is 1.84 bits per heavy atom. The molecular formula is C23H25ClN4O2S2. The van der Waals surface area contributed by atoms with E-state index >= 15 is 0 Å². The summed E-state index contributed by atoms with van der Waals surface area (Å²) in [6.07, 6.45) is 4.67. The van der Waals surface area contributed by atoms with E-state index in [2.05, 4.69) is 27.6 Å². The van der Waals surface area contributed by atoms with Crippen molar-refractivity contribution in [3.05, 3.63) is 49.7 Å². The van der Waals surface area contributed by atoms with E-state index in [1.807, 2.05) is 24.3 Å². The molecule has 2 aromatic heterocycles. The number of nitrogens with one attached hydrogen (secondary N) is 2. The molecule has 3 heterocycles. The maximum absolute atomic E-state index is 13.0. The Kier molecular flexibility index (Phi) is 6.20. The molecule has 0 saturated heterocycles. The number of benzene rings is 1. The van der Waals surface area contributed by atoms with Crippen LogP contribution in [0.1, 0.15) is 55.7 Å². The van der Waals surface area contributed by atoms with E-state index in [0.717, 1.165) is 61.0 Å². The smallest absolute Gasteiger partial charge is 0.280 e. The molecule has 2 aliphatic rings. The van der Waals surface area contributed by atoms with Crippen LogP contribution in [0, 0.1) is 0 Å². The van der Waals surface area contributed by atoms with Crippen molar-refractivity contribution in [3.63, 3.8) is 0 Å². The lowest BCUT2D eigenvalue weighted by Gasteiger charge is -2.32. The van der Waals surface area contributed by atoms with Gasteiger partial charge in [-0.1, -0.05) is 30.5 Å². The molecule has 32 heavy (non-hydrogen) atoms. The first-order valence-electron chi connectivity index (χ1n) is 10.9. The number of hydrogen-bond donors (Lipinski definition) is 2. The SMILES string of the molecule is CN1CCc2nc(C(=O)N[C@H]3CCCC[C@@H]3NC(=O)c3cc4ccc(Cl)cc4s3)sc2C1. The highest BCUT2D eigenvalue weighted by atomic mass is 35.5. The van der Waals surface area contributed by atoms with Gasteiger partial charge in [0.2, 0.25) is 0 Å². The molecule has 1 aromatic carbocycles. The lowest BCUT2D eigenvalue weighted by molar-refractivity contribution is 0.0864. The first-order valence-corrected chi connectivity index (χ1v) is 13.0. The number of rotatable bonds is 4. The summed E-state index contributed by atoms with van der Waals surface area (Å²) < 4.78 is 0.995. The molecule has 0 unspecified atom stereocenters. The number of thiophene rings is 1. The van der Waals surface area contributed by atoms with Crippen molar-refractivity contribution in [1.82, 2.24) is 20.5 Å². The summed E-state index contributed by atoms with van der Waals surface area (Å²) in [6.45, 7) is 1.82. The predicted molar refractivity (Wildman–Crippen MR) is 130 cm³/mol. The van der Waals surface area contributed by atoms with Crippen molar-refractivity contribution in [2.24, 2.45) is 0 Å². The van der Waals surface area contributed by atoms with Gasteiger partial charge in [0, 0.05) is 46.2 Å².